The minimum absolute atomic E-state index is 1.11. The lowest BCUT2D eigenvalue weighted by molar-refractivity contribution is -0.671. The molecule has 0 fully saturated rings. The number of para-hydroxylation sites is 1. The molecule has 2 nitrogen and oxygen atoms in total. The topological polar surface area (TPSA) is 7.12 Å². The van der Waals surface area contributed by atoms with Gasteiger partial charge in [-0.1, -0.05) is 133 Å². The molecule has 1 aromatic heterocycles. The SMILES string of the molecule is CCCCCCCCCCCCCCCCCC[n+]1ccc(/C=C/c2ccc(N(C)C)cc2)c2ccccc21. The number of fused-ring (bicyclic) bond motifs is 1. The molecule has 0 spiro atoms. The van der Waals surface area contributed by atoms with Crippen LogP contribution in [0.3, 0.4) is 0 Å². The van der Waals surface area contributed by atoms with Gasteiger partial charge in [-0.25, -0.2) is 0 Å². The van der Waals surface area contributed by atoms with Crippen molar-refractivity contribution < 1.29 is 4.57 Å². The Morgan fingerprint density at radius 3 is 1.69 bits per heavy atom. The molecule has 3 rings (SSSR count). The van der Waals surface area contributed by atoms with Crippen molar-refractivity contribution in [3.8, 4) is 0 Å². The Balaban J connectivity index is 1.32. The summed E-state index contributed by atoms with van der Waals surface area (Å²) in [4.78, 5) is 2.14. The number of aryl methyl sites for hydroxylation is 1. The average Bonchev–Trinajstić information content (AvgIpc) is 2.96. The predicted octanol–water partition coefficient (Wildman–Crippen LogP) is 10.6. The summed E-state index contributed by atoms with van der Waals surface area (Å²) < 4.78 is 2.45. The zero-order valence-corrected chi connectivity index (χ0v) is 25.3. The summed E-state index contributed by atoms with van der Waals surface area (Å²) in [5.74, 6) is 0. The molecule has 39 heavy (non-hydrogen) atoms. The maximum absolute atomic E-state index is 2.45. The number of rotatable bonds is 20. The summed E-state index contributed by atoms with van der Waals surface area (Å²) in [6.07, 6.45) is 29.4. The molecule has 3 aromatic rings. The van der Waals surface area contributed by atoms with Gasteiger partial charge in [-0.2, -0.15) is 4.57 Å². The molecule has 0 saturated heterocycles. The van der Waals surface area contributed by atoms with Gasteiger partial charge in [-0.15, -0.1) is 0 Å². The van der Waals surface area contributed by atoms with E-state index in [0.29, 0.717) is 0 Å². The molecule has 212 valence electrons. The third-order valence-corrected chi connectivity index (χ3v) is 8.08. The fraction of sp³-hybridized carbons (Fsp3) is 0.541. The monoisotopic (exact) mass is 527 g/mol. The van der Waals surface area contributed by atoms with Crippen molar-refractivity contribution in [3.63, 3.8) is 0 Å². The Bertz CT molecular complexity index is 1080. The second kappa shape index (κ2) is 18.6. The van der Waals surface area contributed by atoms with Crippen molar-refractivity contribution in [2.75, 3.05) is 19.0 Å². The van der Waals surface area contributed by atoms with Gasteiger partial charge in [-0.05, 0) is 35.7 Å². The van der Waals surface area contributed by atoms with E-state index in [9.17, 15) is 0 Å². The van der Waals surface area contributed by atoms with Gasteiger partial charge in [0.25, 0.3) is 0 Å². The minimum Gasteiger partial charge on any atom is -0.378 e. The first kappa shape index (κ1) is 30.9. The number of unbranched alkanes of at least 4 members (excludes halogenated alkanes) is 15. The van der Waals surface area contributed by atoms with Crippen LogP contribution < -0.4 is 9.47 Å². The molecule has 0 bridgehead atoms. The third kappa shape index (κ3) is 11.6. The number of hydrogen-bond acceptors (Lipinski definition) is 1. The fourth-order valence-corrected chi connectivity index (χ4v) is 5.55. The maximum Gasteiger partial charge on any atom is 0.213 e. The quantitative estimate of drug-likeness (QED) is 0.105. The Morgan fingerprint density at radius 1 is 0.590 bits per heavy atom. The Hall–Kier alpha value is -2.61. The molecule has 1 heterocycles. The molecule has 0 saturated carbocycles. The van der Waals surface area contributed by atoms with Crippen LogP contribution in [0, 0.1) is 0 Å². The van der Waals surface area contributed by atoms with E-state index in [4.69, 9.17) is 0 Å². The van der Waals surface area contributed by atoms with Crippen LogP contribution in [0.2, 0.25) is 0 Å². The van der Waals surface area contributed by atoms with Gasteiger partial charge in [0.1, 0.15) is 6.54 Å². The summed E-state index contributed by atoms with van der Waals surface area (Å²) in [5, 5.41) is 1.33. The van der Waals surface area contributed by atoms with Gasteiger partial charge in [0.05, 0.1) is 5.39 Å². The van der Waals surface area contributed by atoms with Crippen LogP contribution in [-0.4, -0.2) is 14.1 Å². The van der Waals surface area contributed by atoms with Gasteiger partial charge in [0.15, 0.2) is 6.20 Å². The first-order valence-corrected chi connectivity index (χ1v) is 16.1. The Kier molecular flexibility index (Phi) is 14.8. The van der Waals surface area contributed by atoms with Crippen LogP contribution in [0.1, 0.15) is 121 Å². The summed E-state index contributed by atoms with van der Waals surface area (Å²) in [6, 6.07) is 19.9. The van der Waals surface area contributed by atoms with Crippen LogP contribution in [-0.2, 0) is 6.54 Å². The van der Waals surface area contributed by atoms with Crippen molar-refractivity contribution in [1.82, 2.24) is 0 Å². The van der Waals surface area contributed by atoms with Gasteiger partial charge in [-0.3, -0.25) is 0 Å². The molecule has 0 amide bonds. The minimum atomic E-state index is 1.11. The molecule has 0 aliphatic carbocycles. The van der Waals surface area contributed by atoms with E-state index in [-0.39, 0.29) is 0 Å². The smallest absolute Gasteiger partial charge is 0.213 e. The molecular weight excluding hydrogens is 472 g/mol. The van der Waals surface area contributed by atoms with Gasteiger partial charge in [0.2, 0.25) is 5.52 Å². The lowest BCUT2D eigenvalue weighted by Crippen LogP contribution is -2.34. The van der Waals surface area contributed by atoms with Crippen LogP contribution in [0.5, 0.6) is 0 Å². The van der Waals surface area contributed by atoms with Crippen molar-refractivity contribution in [1.29, 1.82) is 0 Å². The molecular formula is C37H55N2+. The van der Waals surface area contributed by atoms with Crippen molar-refractivity contribution >= 4 is 28.7 Å². The first-order chi connectivity index (χ1) is 19.2. The molecule has 0 N–H and O–H groups in total. The van der Waals surface area contributed by atoms with Crippen molar-refractivity contribution in [2.24, 2.45) is 0 Å². The van der Waals surface area contributed by atoms with Gasteiger partial charge in [0, 0.05) is 38.3 Å². The van der Waals surface area contributed by atoms with E-state index in [1.807, 2.05) is 0 Å². The first-order valence-electron chi connectivity index (χ1n) is 16.1. The maximum atomic E-state index is 2.45. The normalized spacial score (nSPS) is 11.6. The number of aromatic nitrogens is 1. The van der Waals surface area contributed by atoms with E-state index < -0.39 is 0 Å². The standard InChI is InChI=1S/C37H55N2/c1-4-5-6-7-8-9-10-11-12-13-14-15-16-17-18-21-31-39-32-30-34(36-22-19-20-23-37(36)39)27-24-33-25-28-35(29-26-33)38(2)3/h19-20,22-30,32H,4-18,21,31H2,1-3H3/q+1. The number of anilines is 1. The molecule has 0 aliphatic rings. The number of pyridine rings is 1. The molecule has 0 atom stereocenters. The van der Waals surface area contributed by atoms with Gasteiger partial charge < -0.3 is 4.90 Å². The van der Waals surface area contributed by atoms with Crippen LogP contribution in [0.4, 0.5) is 5.69 Å². The van der Waals surface area contributed by atoms with E-state index in [0.717, 1.165) is 6.54 Å². The van der Waals surface area contributed by atoms with Crippen LogP contribution in [0.25, 0.3) is 23.1 Å². The second-order valence-electron chi connectivity index (χ2n) is 11.6. The zero-order chi connectivity index (χ0) is 27.5. The van der Waals surface area contributed by atoms with E-state index in [1.165, 1.54) is 130 Å². The highest BCUT2D eigenvalue weighted by atomic mass is 15.1. The summed E-state index contributed by atoms with van der Waals surface area (Å²) >= 11 is 0. The number of nitrogens with zero attached hydrogens (tertiary/aromatic N) is 2. The number of benzene rings is 2. The van der Waals surface area contributed by atoms with E-state index in [2.05, 4.69) is 103 Å². The molecule has 0 aliphatic heterocycles. The number of hydrogen-bond donors (Lipinski definition) is 0. The van der Waals surface area contributed by atoms with Gasteiger partial charge >= 0.3 is 0 Å². The molecule has 0 radical (unpaired) electrons. The Labute approximate surface area is 240 Å². The highest BCUT2D eigenvalue weighted by molar-refractivity contribution is 5.88. The lowest BCUT2D eigenvalue weighted by Gasteiger charge is -2.11. The summed E-state index contributed by atoms with van der Waals surface area (Å²) in [6.45, 7) is 3.40. The van der Waals surface area contributed by atoms with E-state index in [1.54, 1.807) is 0 Å². The molecule has 2 aromatic carbocycles. The fourth-order valence-electron chi connectivity index (χ4n) is 5.55. The molecule has 0 unspecified atom stereocenters. The Morgan fingerprint density at radius 2 is 1.13 bits per heavy atom. The lowest BCUT2D eigenvalue weighted by atomic mass is 10.0. The predicted molar refractivity (Wildman–Crippen MR) is 173 cm³/mol. The van der Waals surface area contributed by atoms with Crippen molar-refractivity contribution in [3.05, 3.63) is 71.9 Å². The summed E-state index contributed by atoms with van der Waals surface area (Å²) in [7, 11) is 4.16. The summed E-state index contributed by atoms with van der Waals surface area (Å²) in [5.41, 5.74) is 5.08. The van der Waals surface area contributed by atoms with Crippen LogP contribution >= 0.6 is 0 Å². The van der Waals surface area contributed by atoms with E-state index >= 15 is 0 Å². The third-order valence-electron chi connectivity index (χ3n) is 8.08. The van der Waals surface area contributed by atoms with Crippen LogP contribution in [0.15, 0.2) is 60.8 Å². The van der Waals surface area contributed by atoms with Crippen molar-refractivity contribution in [2.45, 2.75) is 116 Å². The largest absolute Gasteiger partial charge is 0.378 e. The highest BCUT2D eigenvalue weighted by Crippen LogP contribution is 2.20. The highest BCUT2D eigenvalue weighted by Gasteiger charge is 2.10. The molecule has 2 heteroatoms. The zero-order valence-electron chi connectivity index (χ0n) is 25.3. The average molecular weight is 528 g/mol. The second-order valence-corrected chi connectivity index (χ2v) is 11.6.